The second-order valence-corrected chi connectivity index (χ2v) is 7.75. The van der Waals surface area contributed by atoms with Gasteiger partial charge < -0.3 is 20.8 Å². The first-order valence-corrected chi connectivity index (χ1v) is 9.99. The van der Waals surface area contributed by atoms with Crippen molar-refractivity contribution in [3.05, 3.63) is 58.1 Å². The summed E-state index contributed by atoms with van der Waals surface area (Å²) in [6, 6.07) is 5.33. The molecule has 2 heterocycles. The van der Waals surface area contributed by atoms with Gasteiger partial charge in [-0.1, -0.05) is 30.1 Å². The monoisotopic (exact) mass is 464 g/mol. The number of ether oxygens (including phenoxy) is 1. The van der Waals surface area contributed by atoms with Crippen molar-refractivity contribution in [2.75, 3.05) is 25.2 Å². The highest BCUT2D eigenvalue weighted by Gasteiger charge is 2.26. The molecule has 5 N–H and O–H groups in total. The van der Waals surface area contributed by atoms with Crippen LogP contribution < -0.4 is 26.6 Å². The molecule has 1 aromatic heterocycles. The van der Waals surface area contributed by atoms with Crippen molar-refractivity contribution in [3.63, 3.8) is 0 Å². The zero-order valence-electron chi connectivity index (χ0n) is 16.9. The van der Waals surface area contributed by atoms with E-state index in [2.05, 4.69) is 20.4 Å². The number of halogens is 2. The summed E-state index contributed by atoms with van der Waals surface area (Å²) < 4.78 is 5.35. The van der Waals surface area contributed by atoms with E-state index < -0.39 is 0 Å². The van der Waals surface area contributed by atoms with Crippen molar-refractivity contribution in [1.82, 2.24) is 20.3 Å². The molecule has 1 aliphatic rings. The van der Waals surface area contributed by atoms with Crippen molar-refractivity contribution in [1.29, 1.82) is 0 Å². The van der Waals surface area contributed by atoms with E-state index >= 15 is 0 Å². The molecule has 12 heteroatoms. The molecule has 0 aliphatic carbocycles. The standard InChI is InChI=1S/C19H22Cl2N8O2/c1-11-8-29(14-3-4-15(20)16(21)5-14)27-17(11)26-18(30)12-6-24-19(25-7-12)31-10-13(22)9-28(2)23/h3-7,9,11H,8,10,22-23H2,1-2H3,(H,26,27,30)/b13-9-/t11-/m0/s1. The number of hydrazine groups is 1. The molecule has 0 unspecified atom stereocenters. The minimum Gasteiger partial charge on any atom is -0.457 e. The van der Waals surface area contributed by atoms with Crippen LogP contribution in [-0.2, 0) is 0 Å². The fraction of sp³-hybridized carbons (Fsp3) is 0.263. The van der Waals surface area contributed by atoms with Gasteiger partial charge in [0.25, 0.3) is 5.91 Å². The minimum atomic E-state index is -0.377. The van der Waals surface area contributed by atoms with Gasteiger partial charge in [-0.05, 0) is 18.2 Å². The molecular formula is C19H22Cl2N8O2. The maximum absolute atomic E-state index is 12.6. The van der Waals surface area contributed by atoms with Gasteiger partial charge in [0.2, 0.25) is 0 Å². The van der Waals surface area contributed by atoms with Gasteiger partial charge in [-0.15, -0.1) is 0 Å². The van der Waals surface area contributed by atoms with E-state index in [-0.39, 0.29) is 30.0 Å². The third kappa shape index (κ3) is 5.97. The predicted octanol–water partition coefficient (Wildman–Crippen LogP) is 1.97. The molecular weight excluding hydrogens is 443 g/mol. The van der Waals surface area contributed by atoms with E-state index in [4.69, 9.17) is 39.5 Å². The van der Waals surface area contributed by atoms with Crippen LogP contribution >= 0.6 is 23.2 Å². The maximum atomic E-state index is 12.6. The van der Waals surface area contributed by atoms with Crippen LogP contribution in [-0.4, -0.2) is 46.9 Å². The van der Waals surface area contributed by atoms with Gasteiger partial charge in [-0.2, -0.15) is 5.10 Å². The lowest BCUT2D eigenvalue weighted by atomic mass is 10.1. The Kier molecular flexibility index (Phi) is 7.16. The number of nitrogens with one attached hydrogen (secondary N) is 1. The number of anilines is 1. The highest BCUT2D eigenvalue weighted by Crippen LogP contribution is 2.29. The van der Waals surface area contributed by atoms with Crippen molar-refractivity contribution in [2.24, 2.45) is 22.6 Å². The first-order chi connectivity index (χ1) is 14.7. The van der Waals surface area contributed by atoms with Crippen LogP contribution in [0.2, 0.25) is 10.0 Å². The van der Waals surface area contributed by atoms with Crippen LogP contribution in [0.1, 0.15) is 17.3 Å². The molecule has 10 nitrogen and oxygen atoms in total. The number of carbonyl (C=O) groups is 1. The van der Waals surface area contributed by atoms with Gasteiger partial charge in [0, 0.05) is 31.6 Å². The average Bonchev–Trinajstić information content (AvgIpc) is 3.08. The molecule has 0 saturated heterocycles. The molecule has 1 aliphatic heterocycles. The molecule has 3 rings (SSSR count). The molecule has 1 atom stereocenters. The lowest BCUT2D eigenvalue weighted by Gasteiger charge is -2.14. The fourth-order valence-corrected chi connectivity index (χ4v) is 3.01. The molecule has 31 heavy (non-hydrogen) atoms. The number of benzene rings is 1. The normalized spacial score (nSPS) is 16.2. The average molecular weight is 465 g/mol. The van der Waals surface area contributed by atoms with E-state index in [0.717, 1.165) is 5.69 Å². The van der Waals surface area contributed by atoms with E-state index in [9.17, 15) is 4.79 Å². The van der Waals surface area contributed by atoms with Crippen LogP contribution in [0.15, 0.2) is 47.6 Å². The number of amides is 1. The third-order valence-corrected chi connectivity index (χ3v) is 4.95. The summed E-state index contributed by atoms with van der Waals surface area (Å²) in [5.74, 6) is 5.62. The Labute approximate surface area is 189 Å². The molecule has 0 spiro atoms. The lowest BCUT2D eigenvalue weighted by Crippen LogP contribution is -2.33. The molecule has 2 aromatic rings. The first kappa shape index (κ1) is 22.6. The molecule has 0 radical (unpaired) electrons. The first-order valence-electron chi connectivity index (χ1n) is 9.24. The number of hydrazone groups is 1. The Morgan fingerprint density at radius 3 is 2.71 bits per heavy atom. The smallest absolute Gasteiger partial charge is 0.316 e. The van der Waals surface area contributed by atoms with Crippen molar-refractivity contribution in [2.45, 2.75) is 6.92 Å². The quantitative estimate of drug-likeness (QED) is 0.435. The van der Waals surface area contributed by atoms with Gasteiger partial charge >= 0.3 is 6.01 Å². The van der Waals surface area contributed by atoms with E-state index in [1.165, 1.54) is 23.6 Å². The zero-order valence-corrected chi connectivity index (χ0v) is 18.4. The Morgan fingerprint density at radius 1 is 1.35 bits per heavy atom. The highest BCUT2D eigenvalue weighted by molar-refractivity contribution is 6.42. The number of carbonyl (C=O) groups excluding carboxylic acids is 1. The van der Waals surface area contributed by atoms with Crippen LogP contribution in [0.25, 0.3) is 0 Å². The van der Waals surface area contributed by atoms with Crippen LogP contribution in [0.3, 0.4) is 0 Å². The molecule has 0 saturated carbocycles. The van der Waals surface area contributed by atoms with Crippen LogP contribution in [0.5, 0.6) is 6.01 Å². The zero-order chi connectivity index (χ0) is 22.5. The van der Waals surface area contributed by atoms with Gasteiger partial charge in [0.15, 0.2) is 0 Å². The van der Waals surface area contributed by atoms with Gasteiger partial charge in [0.05, 0.1) is 33.5 Å². The largest absolute Gasteiger partial charge is 0.457 e. The lowest BCUT2D eigenvalue weighted by molar-refractivity contribution is 0.0975. The number of aromatic nitrogens is 2. The Balaban J connectivity index is 1.62. The highest BCUT2D eigenvalue weighted by atomic mass is 35.5. The topological polar surface area (TPSA) is 135 Å². The number of nitrogens with two attached hydrogens (primary N) is 2. The van der Waals surface area contributed by atoms with Crippen molar-refractivity contribution >= 4 is 40.6 Å². The number of hydrogen-bond donors (Lipinski definition) is 3. The van der Waals surface area contributed by atoms with Crippen LogP contribution in [0.4, 0.5) is 5.69 Å². The summed E-state index contributed by atoms with van der Waals surface area (Å²) in [6.07, 6.45) is 4.24. The summed E-state index contributed by atoms with van der Waals surface area (Å²) in [6.45, 7) is 2.61. The van der Waals surface area contributed by atoms with Crippen molar-refractivity contribution in [3.8, 4) is 6.01 Å². The number of hydrogen-bond acceptors (Lipinski definition) is 9. The molecule has 1 amide bonds. The Hall–Kier alpha value is -3.08. The number of rotatable bonds is 6. The third-order valence-electron chi connectivity index (χ3n) is 4.21. The van der Waals surface area contributed by atoms with Gasteiger partial charge in [-0.25, -0.2) is 15.8 Å². The summed E-state index contributed by atoms with van der Waals surface area (Å²) in [5, 5.41) is 11.3. The molecule has 164 valence electrons. The van der Waals surface area contributed by atoms with E-state index in [1.54, 1.807) is 24.2 Å². The van der Waals surface area contributed by atoms with Gasteiger partial charge in [0.1, 0.15) is 12.4 Å². The fourth-order valence-electron chi connectivity index (χ4n) is 2.72. The minimum absolute atomic E-state index is 0.00244. The Morgan fingerprint density at radius 2 is 2.06 bits per heavy atom. The molecule has 0 fully saturated rings. The summed E-state index contributed by atoms with van der Waals surface area (Å²) in [4.78, 5) is 20.6. The summed E-state index contributed by atoms with van der Waals surface area (Å²) >= 11 is 12.1. The number of amidine groups is 1. The van der Waals surface area contributed by atoms with Gasteiger partial charge in [-0.3, -0.25) is 9.80 Å². The number of nitrogens with zero attached hydrogens (tertiary/aromatic N) is 5. The van der Waals surface area contributed by atoms with Crippen LogP contribution in [0, 0.1) is 5.92 Å². The second-order valence-electron chi connectivity index (χ2n) is 6.93. The predicted molar refractivity (Wildman–Crippen MR) is 120 cm³/mol. The van der Waals surface area contributed by atoms with E-state index in [1.807, 2.05) is 13.0 Å². The molecule has 1 aromatic carbocycles. The summed E-state index contributed by atoms with van der Waals surface area (Å²) in [7, 11) is 1.64. The SMILES string of the molecule is C[C@H]1CN(c2ccc(Cl)c(Cl)c2)N=C1NC(=O)c1cnc(OC/C(N)=C/N(C)N)nc1. The van der Waals surface area contributed by atoms with E-state index in [0.29, 0.717) is 28.1 Å². The molecule has 0 bridgehead atoms. The maximum Gasteiger partial charge on any atom is 0.316 e. The second kappa shape index (κ2) is 9.82. The Bertz CT molecular complexity index is 1010. The summed E-state index contributed by atoms with van der Waals surface area (Å²) in [5.41, 5.74) is 7.18. The van der Waals surface area contributed by atoms with Crippen molar-refractivity contribution < 1.29 is 9.53 Å².